The van der Waals surface area contributed by atoms with E-state index in [-0.39, 0.29) is 6.03 Å². The number of carbonyl (C=O) groups is 1. The van der Waals surface area contributed by atoms with Crippen molar-refractivity contribution in [3.8, 4) is 0 Å². The molecule has 0 saturated heterocycles. The van der Waals surface area contributed by atoms with E-state index >= 15 is 0 Å². The summed E-state index contributed by atoms with van der Waals surface area (Å²) in [6, 6.07) is -0.0849. The zero-order valence-electron chi connectivity index (χ0n) is 10.3. The first kappa shape index (κ1) is 15.7. The van der Waals surface area contributed by atoms with E-state index < -0.39 is 0 Å². The Bertz CT molecular complexity index is 126. The van der Waals surface area contributed by atoms with Crippen LogP contribution in [0.15, 0.2) is 0 Å². The molecule has 0 aliphatic rings. The first-order valence-corrected chi connectivity index (χ1v) is 5.66. The molecule has 0 heterocycles. The second-order valence-electron chi connectivity index (χ2n) is 3.21. The van der Waals surface area contributed by atoms with E-state index in [1.165, 1.54) is 19.3 Å². The quantitative estimate of drug-likeness (QED) is 0.707. The van der Waals surface area contributed by atoms with Gasteiger partial charge in [-0.15, -0.1) is 0 Å². The van der Waals surface area contributed by atoms with Crippen molar-refractivity contribution >= 4 is 6.03 Å². The molecule has 0 radical (unpaired) electrons. The van der Waals surface area contributed by atoms with Crippen molar-refractivity contribution in [3.63, 3.8) is 0 Å². The molecule has 0 saturated carbocycles. The first-order valence-electron chi connectivity index (χ1n) is 5.66. The predicted molar refractivity (Wildman–Crippen MR) is 62.5 cm³/mol. The summed E-state index contributed by atoms with van der Waals surface area (Å²) in [6.07, 6.45) is 3.67. The largest absolute Gasteiger partial charge is 0.341 e. The molecule has 0 aromatic carbocycles. The molecular formula is C11H26N2O. The van der Waals surface area contributed by atoms with E-state index in [0.717, 1.165) is 6.54 Å². The summed E-state index contributed by atoms with van der Waals surface area (Å²) in [6.45, 7) is 9.12. The van der Waals surface area contributed by atoms with Gasteiger partial charge in [0.25, 0.3) is 0 Å². The third-order valence-electron chi connectivity index (χ3n) is 1.89. The van der Waals surface area contributed by atoms with Crippen molar-refractivity contribution in [3.05, 3.63) is 0 Å². The highest BCUT2D eigenvalue weighted by molar-refractivity contribution is 5.73. The molecule has 86 valence electrons. The lowest BCUT2D eigenvalue weighted by atomic mass is 10.1. The summed E-state index contributed by atoms with van der Waals surface area (Å²) in [5, 5.41) is 5.32. The zero-order chi connectivity index (χ0) is 11.4. The smallest absolute Gasteiger partial charge is 0.314 e. The fourth-order valence-electron chi connectivity index (χ4n) is 1.01. The Labute approximate surface area is 88.7 Å². The lowest BCUT2D eigenvalue weighted by molar-refractivity contribution is 0.241. The Morgan fingerprint density at radius 1 is 1.36 bits per heavy atom. The molecule has 2 amide bonds. The molecule has 1 unspecified atom stereocenters. The number of hydrogen-bond donors (Lipinski definition) is 2. The average molecular weight is 202 g/mol. The van der Waals surface area contributed by atoms with Gasteiger partial charge in [-0.2, -0.15) is 0 Å². The van der Waals surface area contributed by atoms with Crippen molar-refractivity contribution in [2.75, 3.05) is 13.6 Å². The van der Waals surface area contributed by atoms with Gasteiger partial charge in [0.2, 0.25) is 0 Å². The standard InChI is InChI=1S/C9H20N2O.C2H6/c1-4-5-6-8(2)7-11-9(12)10-3;1-2/h8H,4-7H2,1-3H3,(H2,10,11,12);1-2H3. The van der Waals surface area contributed by atoms with E-state index in [0.29, 0.717) is 5.92 Å². The minimum atomic E-state index is -0.0849. The zero-order valence-corrected chi connectivity index (χ0v) is 10.3. The van der Waals surface area contributed by atoms with Gasteiger partial charge in [0, 0.05) is 13.6 Å². The number of hydrogen-bond acceptors (Lipinski definition) is 1. The topological polar surface area (TPSA) is 41.1 Å². The third kappa shape index (κ3) is 11.3. The minimum absolute atomic E-state index is 0.0849. The van der Waals surface area contributed by atoms with Crippen LogP contribution in [-0.2, 0) is 0 Å². The monoisotopic (exact) mass is 202 g/mol. The van der Waals surface area contributed by atoms with Crippen molar-refractivity contribution in [1.82, 2.24) is 10.6 Å². The maximum absolute atomic E-state index is 10.8. The molecule has 0 aliphatic carbocycles. The fraction of sp³-hybridized carbons (Fsp3) is 0.909. The fourth-order valence-corrected chi connectivity index (χ4v) is 1.01. The average Bonchev–Trinajstić information content (AvgIpc) is 2.25. The van der Waals surface area contributed by atoms with Gasteiger partial charge in [-0.25, -0.2) is 4.79 Å². The Balaban J connectivity index is 0. The van der Waals surface area contributed by atoms with Crippen LogP contribution in [0.2, 0.25) is 0 Å². The van der Waals surface area contributed by atoms with E-state index in [2.05, 4.69) is 24.5 Å². The number of unbranched alkanes of at least 4 members (excludes halogenated alkanes) is 1. The number of rotatable bonds is 5. The molecule has 0 aromatic rings. The van der Waals surface area contributed by atoms with E-state index in [1.54, 1.807) is 7.05 Å². The molecule has 3 heteroatoms. The molecule has 0 bridgehead atoms. The molecule has 0 aromatic heterocycles. The van der Waals surface area contributed by atoms with Gasteiger partial charge < -0.3 is 10.6 Å². The van der Waals surface area contributed by atoms with Crippen LogP contribution in [0, 0.1) is 5.92 Å². The van der Waals surface area contributed by atoms with E-state index in [1.807, 2.05) is 13.8 Å². The second kappa shape index (κ2) is 12.3. The number of carbonyl (C=O) groups excluding carboxylic acids is 1. The van der Waals surface area contributed by atoms with Gasteiger partial charge >= 0.3 is 6.03 Å². The van der Waals surface area contributed by atoms with Gasteiger partial charge in [0.05, 0.1) is 0 Å². The summed E-state index contributed by atoms with van der Waals surface area (Å²) in [4.78, 5) is 10.8. The maximum Gasteiger partial charge on any atom is 0.314 e. The number of nitrogens with one attached hydrogen (secondary N) is 2. The first-order chi connectivity index (χ1) is 6.70. The van der Waals surface area contributed by atoms with E-state index in [9.17, 15) is 4.79 Å². The van der Waals surface area contributed by atoms with Crippen molar-refractivity contribution in [2.24, 2.45) is 5.92 Å². The summed E-state index contributed by atoms with van der Waals surface area (Å²) in [5.74, 6) is 0.585. The van der Waals surface area contributed by atoms with Crippen LogP contribution < -0.4 is 10.6 Å². The van der Waals surface area contributed by atoms with Crippen molar-refractivity contribution in [2.45, 2.75) is 47.0 Å². The molecular weight excluding hydrogens is 176 g/mol. The Hall–Kier alpha value is -0.730. The summed E-state index contributed by atoms with van der Waals surface area (Å²) in [7, 11) is 1.63. The van der Waals surface area contributed by atoms with E-state index in [4.69, 9.17) is 0 Å². The summed E-state index contributed by atoms with van der Waals surface area (Å²) >= 11 is 0. The summed E-state index contributed by atoms with van der Waals surface area (Å²) < 4.78 is 0. The maximum atomic E-state index is 10.8. The number of urea groups is 1. The van der Waals surface area contributed by atoms with Crippen LogP contribution in [0.3, 0.4) is 0 Å². The van der Waals surface area contributed by atoms with Gasteiger partial charge in [-0.05, 0) is 12.3 Å². The Kier molecular flexibility index (Phi) is 13.8. The number of amides is 2. The van der Waals surface area contributed by atoms with Gasteiger partial charge in [0.15, 0.2) is 0 Å². The van der Waals surface area contributed by atoms with Crippen LogP contribution >= 0.6 is 0 Å². The minimum Gasteiger partial charge on any atom is -0.341 e. The van der Waals surface area contributed by atoms with Crippen molar-refractivity contribution < 1.29 is 4.79 Å². The summed E-state index contributed by atoms with van der Waals surface area (Å²) in [5.41, 5.74) is 0. The Morgan fingerprint density at radius 2 is 1.93 bits per heavy atom. The highest BCUT2D eigenvalue weighted by atomic mass is 16.2. The molecule has 3 nitrogen and oxygen atoms in total. The third-order valence-corrected chi connectivity index (χ3v) is 1.89. The lowest BCUT2D eigenvalue weighted by Gasteiger charge is -2.11. The molecule has 1 atom stereocenters. The normalized spacial score (nSPS) is 10.9. The highest BCUT2D eigenvalue weighted by Crippen LogP contribution is 2.05. The second-order valence-corrected chi connectivity index (χ2v) is 3.21. The van der Waals surface area contributed by atoms with Crippen LogP contribution in [-0.4, -0.2) is 19.6 Å². The predicted octanol–water partition coefficient (Wildman–Crippen LogP) is 2.77. The molecule has 0 aliphatic heterocycles. The lowest BCUT2D eigenvalue weighted by Crippen LogP contribution is -2.35. The van der Waals surface area contributed by atoms with Crippen LogP contribution in [0.1, 0.15) is 47.0 Å². The van der Waals surface area contributed by atoms with Crippen LogP contribution in [0.4, 0.5) is 4.79 Å². The molecule has 2 N–H and O–H groups in total. The van der Waals surface area contributed by atoms with Crippen LogP contribution in [0.5, 0.6) is 0 Å². The Morgan fingerprint density at radius 3 is 2.36 bits per heavy atom. The SMILES string of the molecule is CC.CCCCC(C)CNC(=O)NC. The van der Waals surface area contributed by atoms with Crippen molar-refractivity contribution in [1.29, 1.82) is 0 Å². The molecule has 14 heavy (non-hydrogen) atoms. The highest BCUT2D eigenvalue weighted by Gasteiger charge is 2.02. The van der Waals surface area contributed by atoms with Gasteiger partial charge in [-0.1, -0.05) is 40.5 Å². The molecule has 0 fully saturated rings. The van der Waals surface area contributed by atoms with Gasteiger partial charge in [-0.3, -0.25) is 0 Å². The molecule has 0 rings (SSSR count). The van der Waals surface area contributed by atoms with Gasteiger partial charge in [0.1, 0.15) is 0 Å². The molecule has 0 spiro atoms. The van der Waals surface area contributed by atoms with Crippen LogP contribution in [0.25, 0.3) is 0 Å².